The highest BCUT2D eigenvalue weighted by Crippen LogP contribution is 2.20. The van der Waals surface area contributed by atoms with Crippen molar-refractivity contribution in [3.8, 4) is 11.3 Å². The van der Waals surface area contributed by atoms with Crippen LogP contribution in [-0.4, -0.2) is 9.97 Å². The van der Waals surface area contributed by atoms with Gasteiger partial charge in [-0.05, 0) is 18.1 Å². The minimum atomic E-state index is 0.389. The molecule has 1 heterocycles. The van der Waals surface area contributed by atoms with E-state index >= 15 is 0 Å². The zero-order valence-corrected chi connectivity index (χ0v) is 10.1. The van der Waals surface area contributed by atoms with Crippen molar-refractivity contribution >= 4 is 11.6 Å². The minimum Gasteiger partial charge on any atom is -0.261 e. The highest BCUT2D eigenvalue weighted by molar-refractivity contribution is 6.30. The Kier molecular flexibility index (Phi) is 3.20. The van der Waals surface area contributed by atoms with Gasteiger partial charge >= 0.3 is 0 Å². The standard InChI is InChI=1S/C13H13ClN2/c1-9(2)12-7-15-8-13(16-12)10-3-5-11(14)6-4-10/h3-9H,1-2H3. The van der Waals surface area contributed by atoms with Crippen molar-refractivity contribution < 1.29 is 0 Å². The summed E-state index contributed by atoms with van der Waals surface area (Å²) in [6.07, 6.45) is 3.58. The van der Waals surface area contributed by atoms with E-state index in [1.807, 2.05) is 30.5 Å². The number of halogens is 1. The third-order valence-corrected chi connectivity index (χ3v) is 2.64. The first-order chi connectivity index (χ1) is 7.66. The average Bonchev–Trinajstić information content (AvgIpc) is 2.30. The van der Waals surface area contributed by atoms with Crippen molar-refractivity contribution in [2.24, 2.45) is 0 Å². The van der Waals surface area contributed by atoms with Crippen LogP contribution in [-0.2, 0) is 0 Å². The summed E-state index contributed by atoms with van der Waals surface area (Å²) >= 11 is 5.84. The van der Waals surface area contributed by atoms with Crippen LogP contribution in [0.2, 0.25) is 5.02 Å². The predicted molar refractivity (Wildman–Crippen MR) is 66.6 cm³/mol. The Labute approximate surface area is 100 Å². The largest absolute Gasteiger partial charge is 0.261 e. The minimum absolute atomic E-state index is 0.389. The first-order valence-electron chi connectivity index (χ1n) is 5.24. The van der Waals surface area contributed by atoms with Crippen molar-refractivity contribution in [1.29, 1.82) is 0 Å². The Hall–Kier alpha value is -1.41. The maximum absolute atomic E-state index is 5.84. The van der Waals surface area contributed by atoms with E-state index in [2.05, 4.69) is 23.8 Å². The van der Waals surface area contributed by atoms with Gasteiger partial charge in [0, 0.05) is 16.8 Å². The molecule has 0 atom stereocenters. The Morgan fingerprint density at radius 3 is 2.38 bits per heavy atom. The van der Waals surface area contributed by atoms with E-state index in [0.29, 0.717) is 5.92 Å². The molecule has 0 bridgehead atoms. The maximum atomic E-state index is 5.84. The van der Waals surface area contributed by atoms with E-state index in [0.717, 1.165) is 22.0 Å². The molecule has 2 rings (SSSR count). The monoisotopic (exact) mass is 232 g/mol. The van der Waals surface area contributed by atoms with Crippen LogP contribution in [0.15, 0.2) is 36.7 Å². The van der Waals surface area contributed by atoms with Gasteiger partial charge in [-0.3, -0.25) is 4.98 Å². The van der Waals surface area contributed by atoms with Crippen LogP contribution in [0.4, 0.5) is 0 Å². The Morgan fingerprint density at radius 1 is 1.06 bits per heavy atom. The Bertz CT molecular complexity index is 478. The maximum Gasteiger partial charge on any atom is 0.0888 e. The summed E-state index contributed by atoms with van der Waals surface area (Å²) < 4.78 is 0. The molecule has 0 aliphatic carbocycles. The lowest BCUT2D eigenvalue weighted by Gasteiger charge is -2.06. The summed E-state index contributed by atoms with van der Waals surface area (Å²) in [4.78, 5) is 8.78. The summed E-state index contributed by atoms with van der Waals surface area (Å²) in [5, 5.41) is 0.733. The fourth-order valence-electron chi connectivity index (χ4n) is 1.42. The van der Waals surface area contributed by atoms with Gasteiger partial charge in [0.05, 0.1) is 17.6 Å². The van der Waals surface area contributed by atoms with Gasteiger partial charge in [-0.2, -0.15) is 0 Å². The van der Waals surface area contributed by atoms with Crippen LogP contribution in [0, 0.1) is 0 Å². The van der Waals surface area contributed by atoms with Crippen LogP contribution in [0.1, 0.15) is 25.5 Å². The molecule has 2 aromatic rings. The van der Waals surface area contributed by atoms with Gasteiger partial charge in [-0.15, -0.1) is 0 Å². The smallest absolute Gasteiger partial charge is 0.0888 e. The zero-order valence-electron chi connectivity index (χ0n) is 9.31. The van der Waals surface area contributed by atoms with Crippen LogP contribution in [0.25, 0.3) is 11.3 Å². The number of nitrogens with zero attached hydrogens (tertiary/aromatic N) is 2. The van der Waals surface area contributed by atoms with Gasteiger partial charge in [0.25, 0.3) is 0 Å². The second kappa shape index (κ2) is 4.62. The van der Waals surface area contributed by atoms with Crippen molar-refractivity contribution in [3.05, 3.63) is 47.4 Å². The van der Waals surface area contributed by atoms with Crippen LogP contribution >= 0.6 is 11.6 Å². The van der Waals surface area contributed by atoms with E-state index in [9.17, 15) is 0 Å². The van der Waals surface area contributed by atoms with E-state index in [1.165, 1.54) is 0 Å². The number of hydrogen-bond acceptors (Lipinski definition) is 2. The SMILES string of the molecule is CC(C)c1cncc(-c2ccc(Cl)cc2)n1. The molecule has 0 N–H and O–H groups in total. The molecule has 82 valence electrons. The number of hydrogen-bond donors (Lipinski definition) is 0. The Balaban J connectivity index is 2.40. The van der Waals surface area contributed by atoms with Crippen LogP contribution in [0.3, 0.4) is 0 Å². The molecule has 0 saturated carbocycles. The van der Waals surface area contributed by atoms with Gasteiger partial charge in [0.2, 0.25) is 0 Å². The fourth-order valence-corrected chi connectivity index (χ4v) is 1.54. The molecule has 0 spiro atoms. The van der Waals surface area contributed by atoms with E-state index < -0.39 is 0 Å². The van der Waals surface area contributed by atoms with Crippen molar-refractivity contribution in [3.63, 3.8) is 0 Å². The summed E-state index contributed by atoms with van der Waals surface area (Å²) in [5.41, 5.74) is 2.94. The zero-order chi connectivity index (χ0) is 11.5. The molecule has 1 aromatic carbocycles. The van der Waals surface area contributed by atoms with Crippen molar-refractivity contribution in [1.82, 2.24) is 9.97 Å². The van der Waals surface area contributed by atoms with Gasteiger partial charge in [0.1, 0.15) is 0 Å². The third kappa shape index (κ3) is 2.39. The normalized spacial score (nSPS) is 10.8. The fraction of sp³-hybridized carbons (Fsp3) is 0.231. The first-order valence-corrected chi connectivity index (χ1v) is 5.62. The predicted octanol–water partition coefficient (Wildman–Crippen LogP) is 3.92. The van der Waals surface area contributed by atoms with E-state index in [4.69, 9.17) is 11.6 Å². The molecule has 0 radical (unpaired) electrons. The summed E-state index contributed by atoms with van der Waals surface area (Å²) in [6, 6.07) is 7.63. The van der Waals surface area contributed by atoms with Crippen LogP contribution in [0.5, 0.6) is 0 Å². The van der Waals surface area contributed by atoms with E-state index in [-0.39, 0.29) is 0 Å². The summed E-state index contributed by atoms with van der Waals surface area (Å²) in [6.45, 7) is 4.21. The lowest BCUT2D eigenvalue weighted by molar-refractivity contribution is 0.814. The molecule has 1 aromatic heterocycles. The number of benzene rings is 1. The molecular formula is C13H13ClN2. The molecule has 0 aliphatic heterocycles. The van der Waals surface area contributed by atoms with Gasteiger partial charge < -0.3 is 0 Å². The molecule has 3 heteroatoms. The van der Waals surface area contributed by atoms with Crippen molar-refractivity contribution in [2.75, 3.05) is 0 Å². The molecule has 16 heavy (non-hydrogen) atoms. The van der Waals surface area contributed by atoms with Gasteiger partial charge in [-0.1, -0.05) is 37.6 Å². The van der Waals surface area contributed by atoms with Gasteiger partial charge in [-0.25, -0.2) is 4.98 Å². The molecule has 0 unspecified atom stereocenters. The van der Waals surface area contributed by atoms with Crippen LogP contribution < -0.4 is 0 Å². The number of rotatable bonds is 2. The first kappa shape index (κ1) is 11.1. The Morgan fingerprint density at radius 2 is 1.75 bits per heavy atom. The molecular weight excluding hydrogens is 220 g/mol. The second-order valence-corrected chi connectivity index (χ2v) is 4.43. The molecule has 0 fully saturated rings. The lowest BCUT2D eigenvalue weighted by atomic mass is 10.1. The number of aromatic nitrogens is 2. The lowest BCUT2D eigenvalue weighted by Crippen LogP contribution is -1.95. The highest BCUT2D eigenvalue weighted by atomic mass is 35.5. The molecule has 0 saturated heterocycles. The summed E-state index contributed by atoms with van der Waals surface area (Å²) in [5.74, 6) is 0.389. The van der Waals surface area contributed by atoms with Crippen molar-refractivity contribution in [2.45, 2.75) is 19.8 Å². The third-order valence-electron chi connectivity index (χ3n) is 2.38. The average molecular weight is 233 g/mol. The highest BCUT2D eigenvalue weighted by Gasteiger charge is 2.04. The molecule has 0 aliphatic rings. The van der Waals surface area contributed by atoms with Gasteiger partial charge in [0.15, 0.2) is 0 Å². The van der Waals surface area contributed by atoms with E-state index in [1.54, 1.807) is 6.20 Å². The summed E-state index contributed by atoms with van der Waals surface area (Å²) in [7, 11) is 0. The molecule has 2 nitrogen and oxygen atoms in total. The quantitative estimate of drug-likeness (QED) is 0.784. The molecule has 0 amide bonds. The topological polar surface area (TPSA) is 25.8 Å². The second-order valence-electron chi connectivity index (χ2n) is 3.99.